The van der Waals surface area contributed by atoms with Gasteiger partial charge >= 0.3 is 0 Å². The third-order valence-electron chi connectivity index (χ3n) is 7.64. The Morgan fingerprint density at radius 3 is 2.00 bits per heavy atom. The summed E-state index contributed by atoms with van der Waals surface area (Å²) in [5.41, 5.74) is 8.90. The van der Waals surface area contributed by atoms with Crippen molar-refractivity contribution >= 4 is 33.6 Å². The maximum Gasteiger partial charge on any atom is 0.294 e. The van der Waals surface area contributed by atoms with Gasteiger partial charge in [0.1, 0.15) is 0 Å². The largest absolute Gasteiger partial charge is 0.372 e. The van der Waals surface area contributed by atoms with Crippen molar-refractivity contribution in [2.75, 3.05) is 29.4 Å². The SMILES string of the molecule is C=c1cc/c(=C(/c2ccc(N(CC)CC)cc2)c2ccc(N(CC)Cc3cccc(S(=O)(=O)O)c3)cc2C)c(C)c1. The lowest BCUT2D eigenvalue weighted by atomic mass is 9.90. The fourth-order valence-electron chi connectivity index (χ4n) is 5.43. The number of hydrogen-bond donors (Lipinski definition) is 1. The molecule has 0 heterocycles. The molecule has 0 aliphatic carbocycles. The lowest BCUT2D eigenvalue weighted by Crippen LogP contribution is -2.22. The van der Waals surface area contributed by atoms with Gasteiger partial charge in [0.2, 0.25) is 0 Å². The normalized spacial score (nSPS) is 12.2. The van der Waals surface area contributed by atoms with E-state index in [4.69, 9.17) is 0 Å². The van der Waals surface area contributed by atoms with Crippen LogP contribution in [0, 0.1) is 13.8 Å². The van der Waals surface area contributed by atoms with Crippen molar-refractivity contribution in [2.24, 2.45) is 0 Å². The van der Waals surface area contributed by atoms with Gasteiger partial charge in [0.05, 0.1) is 4.90 Å². The van der Waals surface area contributed by atoms with Crippen LogP contribution in [0.15, 0.2) is 89.8 Å². The zero-order valence-corrected chi connectivity index (χ0v) is 25.5. The van der Waals surface area contributed by atoms with E-state index in [0.717, 1.165) is 52.8 Å². The summed E-state index contributed by atoms with van der Waals surface area (Å²) >= 11 is 0. The second-order valence-electron chi connectivity index (χ2n) is 10.4. The van der Waals surface area contributed by atoms with E-state index in [-0.39, 0.29) is 4.90 Å². The summed E-state index contributed by atoms with van der Waals surface area (Å²) < 4.78 is 32.8. The van der Waals surface area contributed by atoms with Crippen LogP contribution >= 0.6 is 0 Å². The molecule has 0 atom stereocenters. The predicted molar refractivity (Wildman–Crippen MR) is 172 cm³/mol. The first-order chi connectivity index (χ1) is 19.5. The van der Waals surface area contributed by atoms with Crippen molar-refractivity contribution in [1.29, 1.82) is 0 Å². The Hall–Kier alpha value is -3.87. The molecule has 4 aromatic carbocycles. The zero-order valence-electron chi connectivity index (χ0n) is 24.7. The average molecular weight is 569 g/mol. The van der Waals surface area contributed by atoms with Crippen LogP contribution in [0.25, 0.3) is 12.2 Å². The Morgan fingerprint density at radius 1 is 0.756 bits per heavy atom. The van der Waals surface area contributed by atoms with Crippen LogP contribution in [-0.2, 0) is 16.7 Å². The van der Waals surface area contributed by atoms with Crippen LogP contribution in [0.2, 0.25) is 0 Å². The minimum Gasteiger partial charge on any atom is -0.372 e. The molecule has 6 heteroatoms. The highest BCUT2D eigenvalue weighted by Crippen LogP contribution is 2.30. The smallest absolute Gasteiger partial charge is 0.294 e. The van der Waals surface area contributed by atoms with Gasteiger partial charge in [-0.05, 0) is 115 Å². The summed E-state index contributed by atoms with van der Waals surface area (Å²) in [6.45, 7) is 18.0. The average Bonchev–Trinajstić information content (AvgIpc) is 2.95. The molecule has 0 bridgehead atoms. The van der Waals surface area contributed by atoms with Gasteiger partial charge in [-0.1, -0.05) is 55.1 Å². The fourth-order valence-corrected chi connectivity index (χ4v) is 5.98. The van der Waals surface area contributed by atoms with E-state index >= 15 is 0 Å². The van der Waals surface area contributed by atoms with Crippen LogP contribution in [0.3, 0.4) is 0 Å². The summed E-state index contributed by atoms with van der Waals surface area (Å²) in [6.07, 6.45) is 0. The molecule has 5 nitrogen and oxygen atoms in total. The Balaban J connectivity index is 1.79. The number of rotatable bonds is 10. The lowest BCUT2D eigenvalue weighted by Gasteiger charge is -2.25. The number of benzene rings is 4. The standard InChI is InChI=1S/C35H40N2O3S/c1-7-36(8-2)30-16-14-29(15-17-30)35(33-19-13-25(4)21-26(33)5)34-20-18-31(22-27(34)6)37(9-3)24-28-11-10-12-32(23-28)41(38,39)40/h10-23H,4,7-9,24H2,1-3,5-6H3,(H,38,39,40)/b35-33+. The van der Waals surface area contributed by atoms with E-state index in [1.807, 2.05) is 6.07 Å². The highest BCUT2D eigenvalue weighted by molar-refractivity contribution is 7.85. The quantitative estimate of drug-likeness (QED) is 0.235. The minimum absolute atomic E-state index is 0.0903. The van der Waals surface area contributed by atoms with Gasteiger partial charge in [-0.3, -0.25) is 4.55 Å². The molecule has 0 aliphatic rings. The molecule has 0 saturated carbocycles. The predicted octanol–water partition coefficient (Wildman–Crippen LogP) is 6.08. The molecule has 0 amide bonds. The first-order valence-corrected chi connectivity index (χ1v) is 15.6. The molecule has 1 N–H and O–H groups in total. The molecule has 0 spiro atoms. The molecule has 214 valence electrons. The summed E-state index contributed by atoms with van der Waals surface area (Å²) in [7, 11) is -4.25. The van der Waals surface area contributed by atoms with E-state index in [0.29, 0.717) is 6.54 Å². The van der Waals surface area contributed by atoms with Crippen LogP contribution in [0.4, 0.5) is 11.4 Å². The summed E-state index contributed by atoms with van der Waals surface area (Å²) in [6, 6.07) is 28.2. The second-order valence-corrected chi connectivity index (χ2v) is 11.8. The highest BCUT2D eigenvalue weighted by Gasteiger charge is 2.15. The lowest BCUT2D eigenvalue weighted by molar-refractivity contribution is 0.483. The maximum absolute atomic E-state index is 11.6. The molecule has 0 aromatic heterocycles. The Kier molecular flexibility index (Phi) is 9.36. The van der Waals surface area contributed by atoms with E-state index in [1.54, 1.807) is 6.07 Å². The van der Waals surface area contributed by atoms with Gasteiger partial charge in [-0.2, -0.15) is 8.42 Å². The van der Waals surface area contributed by atoms with Gasteiger partial charge in [-0.15, -0.1) is 0 Å². The maximum atomic E-state index is 11.6. The molecule has 0 radical (unpaired) electrons. The molecule has 4 rings (SSSR count). The second kappa shape index (κ2) is 12.8. The first kappa shape index (κ1) is 30.1. The minimum atomic E-state index is -4.25. The van der Waals surface area contributed by atoms with Crippen LogP contribution in [0.5, 0.6) is 0 Å². The Bertz CT molecular complexity index is 1740. The summed E-state index contributed by atoms with van der Waals surface area (Å²) in [5, 5.41) is 2.17. The van der Waals surface area contributed by atoms with Gasteiger partial charge in [0.25, 0.3) is 10.1 Å². The molecule has 0 unspecified atom stereocenters. The van der Waals surface area contributed by atoms with Crippen LogP contribution < -0.4 is 20.2 Å². The van der Waals surface area contributed by atoms with E-state index < -0.39 is 10.1 Å². The molecular formula is C35H40N2O3S. The van der Waals surface area contributed by atoms with Crippen molar-refractivity contribution < 1.29 is 13.0 Å². The van der Waals surface area contributed by atoms with Crippen molar-refractivity contribution in [3.63, 3.8) is 0 Å². The van der Waals surface area contributed by atoms with E-state index in [2.05, 4.69) is 112 Å². The summed E-state index contributed by atoms with van der Waals surface area (Å²) in [5.74, 6) is 0. The molecule has 0 saturated heterocycles. The molecule has 0 fully saturated rings. The molecule has 0 aliphatic heterocycles. The van der Waals surface area contributed by atoms with Crippen molar-refractivity contribution in [3.8, 4) is 0 Å². The van der Waals surface area contributed by atoms with Gasteiger partial charge in [-0.25, -0.2) is 0 Å². The number of aryl methyl sites for hydroxylation is 2. The first-order valence-electron chi connectivity index (χ1n) is 14.1. The third-order valence-corrected chi connectivity index (χ3v) is 8.49. The van der Waals surface area contributed by atoms with Gasteiger partial charge in [0, 0.05) is 37.6 Å². The third kappa shape index (κ3) is 6.89. The monoisotopic (exact) mass is 568 g/mol. The Morgan fingerprint density at radius 2 is 1.41 bits per heavy atom. The van der Waals surface area contributed by atoms with E-state index in [1.165, 1.54) is 34.2 Å². The molecular weight excluding hydrogens is 528 g/mol. The fraction of sp³-hybridized carbons (Fsp3) is 0.257. The number of hydrogen-bond acceptors (Lipinski definition) is 4. The summed E-state index contributed by atoms with van der Waals surface area (Å²) in [4.78, 5) is 4.45. The number of nitrogens with zero attached hydrogens (tertiary/aromatic N) is 2. The van der Waals surface area contributed by atoms with E-state index in [9.17, 15) is 13.0 Å². The topological polar surface area (TPSA) is 60.9 Å². The van der Waals surface area contributed by atoms with Crippen molar-refractivity contribution in [2.45, 2.75) is 46.1 Å². The van der Waals surface area contributed by atoms with Crippen molar-refractivity contribution in [3.05, 3.63) is 123 Å². The van der Waals surface area contributed by atoms with Gasteiger partial charge in [0.15, 0.2) is 0 Å². The Labute approximate surface area is 244 Å². The van der Waals surface area contributed by atoms with Crippen molar-refractivity contribution in [1.82, 2.24) is 0 Å². The zero-order chi connectivity index (χ0) is 29.7. The number of anilines is 2. The highest BCUT2D eigenvalue weighted by atomic mass is 32.2. The van der Waals surface area contributed by atoms with Gasteiger partial charge < -0.3 is 9.80 Å². The van der Waals surface area contributed by atoms with Crippen LogP contribution in [-0.4, -0.2) is 32.6 Å². The molecule has 4 aromatic rings. The molecule has 41 heavy (non-hydrogen) atoms. The van der Waals surface area contributed by atoms with Crippen LogP contribution in [0.1, 0.15) is 48.6 Å².